The fourth-order valence-electron chi connectivity index (χ4n) is 2.43. The number of hydrogen-bond donors (Lipinski definition) is 1. The van der Waals surface area contributed by atoms with E-state index in [4.69, 9.17) is 4.74 Å². The first-order valence-electron chi connectivity index (χ1n) is 6.01. The summed E-state index contributed by atoms with van der Waals surface area (Å²) in [6, 6.07) is 7.81. The van der Waals surface area contributed by atoms with Crippen LogP contribution in [-0.4, -0.2) is 12.2 Å². The van der Waals surface area contributed by atoms with Crippen molar-refractivity contribution in [2.24, 2.45) is 5.92 Å². The minimum Gasteiger partial charge on any atom is -0.497 e. The van der Waals surface area contributed by atoms with E-state index in [1.165, 1.54) is 0 Å². The Bertz CT molecular complexity index is 334. The molecule has 1 aliphatic rings. The van der Waals surface area contributed by atoms with Gasteiger partial charge in [0.1, 0.15) is 5.75 Å². The van der Waals surface area contributed by atoms with Crippen LogP contribution in [0.2, 0.25) is 0 Å². The standard InChI is InChI=1S/C14H20O2/c1-11-7-9-14(15,10-8-11)12-3-5-13(16-2)6-4-12/h3-6,11,15H,7-10H2,1-2H3. The SMILES string of the molecule is COc1ccc(C2(O)CCC(C)CC2)cc1. The maximum absolute atomic E-state index is 10.6. The maximum atomic E-state index is 10.6. The molecule has 1 aliphatic carbocycles. The summed E-state index contributed by atoms with van der Waals surface area (Å²) in [5.41, 5.74) is 0.416. The smallest absolute Gasteiger partial charge is 0.118 e. The third-order valence-electron chi connectivity index (χ3n) is 3.73. The van der Waals surface area contributed by atoms with Gasteiger partial charge in [-0.15, -0.1) is 0 Å². The quantitative estimate of drug-likeness (QED) is 0.830. The number of hydrogen-bond acceptors (Lipinski definition) is 2. The molecule has 0 saturated heterocycles. The molecule has 2 rings (SSSR count). The Morgan fingerprint density at radius 3 is 2.25 bits per heavy atom. The lowest BCUT2D eigenvalue weighted by molar-refractivity contribution is -0.0120. The molecule has 0 aliphatic heterocycles. The van der Waals surface area contributed by atoms with Gasteiger partial charge in [0.2, 0.25) is 0 Å². The molecule has 0 atom stereocenters. The number of methoxy groups -OCH3 is 1. The van der Waals surface area contributed by atoms with Crippen LogP contribution in [0.4, 0.5) is 0 Å². The zero-order valence-electron chi connectivity index (χ0n) is 10.1. The Morgan fingerprint density at radius 1 is 1.19 bits per heavy atom. The summed E-state index contributed by atoms with van der Waals surface area (Å²) in [4.78, 5) is 0. The van der Waals surface area contributed by atoms with E-state index in [-0.39, 0.29) is 0 Å². The molecule has 1 fully saturated rings. The monoisotopic (exact) mass is 220 g/mol. The van der Waals surface area contributed by atoms with Crippen LogP contribution in [0.15, 0.2) is 24.3 Å². The van der Waals surface area contributed by atoms with Crippen LogP contribution in [0.1, 0.15) is 38.2 Å². The zero-order chi connectivity index (χ0) is 11.6. The van der Waals surface area contributed by atoms with E-state index >= 15 is 0 Å². The number of rotatable bonds is 2. The molecule has 0 aromatic heterocycles. The second kappa shape index (κ2) is 4.46. The minimum atomic E-state index is -0.612. The van der Waals surface area contributed by atoms with Crippen LogP contribution in [0.3, 0.4) is 0 Å². The molecular weight excluding hydrogens is 200 g/mol. The van der Waals surface area contributed by atoms with Gasteiger partial charge in [-0.25, -0.2) is 0 Å². The largest absolute Gasteiger partial charge is 0.497 e. The lowest BCUT2D eigenvalue weighted by Crippen LogP contribution is -2.30. The molecule has 0 amide bonds. The second-order valence-electron chi connectivity index (χ2n) is 4.94. The van der Waals surface area contributed by atoms with Gasteiger partial charge < -0.3 is 9.84 Å². The van der Waals surface area contributed by atoms with Gasteiger partial charge in [-0.3, -0.25) is 0 Å². The molecular formula is C14H20O2. The molecule has 0 bridgehead atoms. The van der Waals surface area contributed by atoms with Gasteiger partial charge in [-0.05, 0) is 49.3 Å². The molecule has 16 heavy (non-hydrogen) atoms. The molecule has 88 valence electrons. The Hall–Kier alpha value is -1.02. The highest BCUT2D eigenvalue weighted by Crippen LogP contribution is 2.39. The summed E-state index contributed by atoms with van der Waals surface area (Å²) in [5.74, 6) is 1.59. The predicted molar refractivity (Wildman–Crippen MR) is 64.5 cm³/mol. The highest BCUT2D eigenvalue weighted by atomic mass is 16.5. The molecule has 0 spiro atoms. The summed E-state index contributed by atoms with van der Waals surface area (Å²) in [6.45, 7) is 2.26. The molecule has 2 nitrogen and oxygen atoms in total. The van der Waals surface area contributed by atoms with Crippen LogP contribution < -0.4 is 4.74 Å². The van der Waals surface area contributed by atoms with Gasteiger partial charge in [0, 0.05) is 0 Å². The summed E-state index contributed by atoms with van der Waals surface area (Å²) in [5, 5.41) is 10.6. The second-order valence-corrected chi connectivity index (χ2v) is 4.94. The van der Waals surface area contributed by atoms with Gasteiger partial charge in [-0.2, -0.15) is 0 Å². The zero-order valence-corrected chi connectivity index (χ0v) is 10.1. The van der Waals surface area contributed by atoms with Crippen molar-refractivity contribution in [3.8, 4) is 5.75 Å². The summed E-state index contributed by atoms with van der Waals surface area (Å²) in [7, 11) is 1.66. The van der Waals surface area contributed by atoms with Gasteiger partial charge in [-0.1, -0.05) is 19.1 Å². The summed E-state index contributed by atoms with van der Waals surface area (Å²) in [6.07, 6.45) is 3.98. The molecule has 0 heterocycles. The van der Waals surface area contributed by atoms with Crippen LogP contribution in [-0.2, 0) is 5.60 Å². The molecule has 1 saturated carbocycles. The van der Waals surface area contributed by atoms with Gasteiger partial charge >= 0.3 is 0 Å². The Morgan fingerprint density at radius 2 is 1.75 bits per heavy atom. The van der Waals surface area contributed by atoms with Crippen molar-refractivity contribution in [1.29, 1.82) is 0 Å². The third kappa shape index (κ3) is 2.22. The van der Waals surface area contributed by atoms with Gasteiger partial charge in [0.15, 0.2) is 0 Å². The van der Waals surface area contributed by atoms with E-state index in [2.05, 4.69) is 6.92 Å². The Labute approximate surface area is 97.3 Å². The Kier molecular flexibility index (Phi) is 3.20. The van der Waals surface area contributed by atoms with E-state index in [0.29, 0.717) is 0 Å². The fraction of sp³-hybridized carbons (Fsp3) is 0.571. The van der Waals surface area contributed by atoms with E-state index in [1.807, 2.05) is 24.3 Å². The van der Waals surface area contributed by atoms with Crippen molar-refractivity contribution >= 4 is 0 Å². The number of benzene rings is 1. The minimum absolute atomic E-state index is 0.612. The molecule has 0 radical (unpaired) electrons. The van der Waals surface area contributed by atoms with Crippen molar-refractivity contribution < 1.29 is 9.84 Å². The van der Waals surface area contributed by atoms with Crippen molar-refractivity contribution in [3.05, 3.63) is 29.8 Å². The first-order chi connectivity index (χ1) is 7.64. The number of aliphatic hydroxyl groups is 1. The van der Waals surface area contributed by atoms with E-state index < -0.39 is 5.60 Å². The van der Waals surface area contributed by atoms with Crippen LogP contribution in [0.25, 0.3) is 0 Å². The molecule has 2 heteroatoms. The highest BCUT2D eigenvalue weighted by molar-refractivity contribution is 5.31. The summed E-state index contributed by atoms with van der Waals surface area (Å²) >= 11 is 0. The first-order valence-corrected chi connectivity index (χ1v) is 6.01. The van der Waals surface area contributed by atoms with Gasteiger partial charge in [0.25, 0.3) is 0 Å². The van der Waals surface area contributed by atoms with E-state index in [9.17, 15) is 5.11 Å². The lowest BCUT2D eigenvalue weighted by atomic mass is 9.76. The van der Waals surface area contributed by atoms with Crippen LogP contribution in [0, 0.1) is 5.92 Å². The molecule has 1 N–H and O–H groups in total. The molecule has 1 aromatic carbocycles. The lowest BCUT2D eigenvalue weighted by Gasteiger charge is -2.35. The maximum Gasteiger partial charge on any atom is 0.118 e. The average Bonchev–Trinajstić information content (AvgIpc) is 2.33. The van der Waals surface area contributed by atoms with E-state index in [1.54, 1.807) is 7.11 Å². The topological polar surface area (TPSA) is 29.5 Å². The molecule has 0 unspecified atom stereocenters. The van der Waals surface area contributed by atoms with Crippen molar-refractivity contribution in [3.63, 3.8) is 0 Å². The van der Waals surface area contributed by atoms with Crippen molar-refractivity contribution in [2.45, 2.75) is 38.2 Å². The van der Waals surface area contributed by atoms with Crippen molar-refractivity contribution in [1.82, 2.24) is 0 Å². The van der Waals surface area contributed by atoms with Crippen LogP contribution in [0.5, 0.6) is 5.75 Å². The Balaban J connectivity index is 2.16. The van der Waals surface area contributed by atoms with Crippen molar-refractivity contribution in [2.75, 3.05) is 7.11 Å². The molecule has 1 aromatic rings. The fourth-order valence-corrected chi connectivity index (χ4v) is 2.43. The normalized spacial score (nSPS) is 30.1. The van der Waals surface area contributed by atoms with Crippen LogP contribution >= 0.6 is 0 Å². The highest BCUT2D eigenvalue weighted by Gasteiger charge is 2.33. The summed E-state index contributed by atoms with van der Waals surface area (Å²) < 4.78 is 5.12. The third-order valence-corrected chi connectivity index (χ3v) is 3.73. The first kappa shape index (κ1) is 11.5. The van der Waals surface area contributed by atoms with Gasteiger partial charge in [0.05, 0.1) is 12.7 Å². The predicted octanol–water partition coefficient (Wildman–Crippen LogP) is 3.09. The van der Waals surface area contributed by atoms with E-state index in [0.717, 1.165) is 42.9 Å². The number of ether oxygens (including phenoxy) is 1. The average molecular weight is 220 g/mol.